The van der Waals surface area contributed by atoms with Crippen molar-refractivity contribution in [2.24, 2.45) is 0 Å². The standard InChI is InChI=1S/C14H23NOS/c1-16-14-9-5-4-8-13(14)12-15-10-6-3-7-11-17-2/h4-5,8-9,15H,3,6-7,10-12H2,1-2H3. The first-order valence-electron chi connectivity index (χ1n) is 6.20. The highest BCUT2D eigenvalue weighted by molar-refractivity contribution is 7.98. The molecule has 0 fully saturated rings. The smallest absolute Gasteiger partial charge is 0.123 e. The average molecular weight is 253 g/mol. The van der Waals surface area contributed by atoms with Crippen molar-refractivity contribution in [1.29, 1.82) is 0 Å². The highest BCUT2D eigenvalue weighted by Gasteiger charge is 1.99. The molecule has 0 aliphatic carbocycles. The van der Waals surface area contributed by atoms with Crippen LogP contribution in [0.2, 0.25) is 0 Å². The van der Waals surface area contributed by atoms with Gasteiger partial charge >= 0.3 is 0 Å². The number of hydrogen-bond donors (Lipinski definition) is 1. The molecule has 3 heteroatoms. The zero-order valence-corrected chi connectivity index (χ0v) is 11.7. The van der Waals surface area contributed by atoms with Crippen molar-refractivity contribution in [2.45, 2.75) is 25.8 Å². The number of para-hydroxylation sites is 1. The molecule has 0 saturated heterocycles. The van der Waals surface area contributed by atoms with Crippen LogP contribution < -0.4 is 10.1 Å². The third-order valence-electron chi connectivity index (χ3n) is 2.71. The van der Waals surface area contributed by atoms with Gasteiger partial charge in [-0.1, -0.05) is 24.6 Å². The lowest BCUT2D eigenvalue weighted by molar-refractivity contribution is 0.407. The molecule has 0 heterocycles. The molecular formula is C14H23NOS. The molecular weight excluding hydrogens is 230 g/mol. The van der Waals surface area contributed by atoms with Crippen LogP contribution in [0.4, 0.5) is 0 Å². The Morgan fingerprint density at radius 1 is 1.18 bits per heavy atom. The normalized spacial score (nSPS) is 10.5. The van der Waals surface area contributed by atoms with Crippen LogP contribution in [0.15, 0.2) is 24.3 Å². The van der Waals surface area contributed by atoms with Crippen LogP contribution in [0.1, 0.15) is 24.8 Å². The molecule has 0 saturated carbocycles. The first-order valence-corrected chi connectivity index (χ1v) is 7.59. The predicted octanol–water partition coefficient (Wildman–Crippen LogP) is 3.32. The largest absolute Gasteiger partial charge is 0.496 e. The van der Waals surface area contributed by atoms with E-state index < -0.39 is 0 Å². The van der Waals surface area contributed by atoms with E-state index in [0.29, 0.717) is 0 Å². The highest BCUT2D eigenvalue weighted by Crippen LogP contribution is 2.16. The van der Waals surface area contributed by atoms with Gasteiger partial charge in [0.2, 0.25) is 0 Å². The molecule has 1 N–H and O–H groups in total. The lowest BCUT2D eigenvalue weighted by Crippen LogP contribution is -2.15. The average Bonchev–Trinajstić information content (AvgIpc) is 2.38. The molecule has 0 aromatic heterocycles. The van der Waals surface area contributed by atoms with E-state index in [0.717, 1.165) is 18.8 Å². The topological polar surface area (TPSA) is 21.3 Å². The number of rotatable bonds is 9. The van der Waals surface area contributed by atoms with Gasteiger partial charge in [0.15, 0.2) is 0 Å². The van der Waals surface area contributed by atoms with E-state index in [2.05, 4.69) is 23.7 Å². The van der Waals surface area contributed by atoms with Gasteiger partial charge in [-0.25, -0.2) is 0 Å². The van der Waals surface area contributed by atoms with Crippen molar-refractivity contribution < 1.29 is 4.74 Å². The molecule has 0 amide bonds. The Hall–Kier alpha value is -0.670. The Labute approximate surface area is 109 Å². The molecule has 96 valence electrons. The minimum Gasteiger partial charge on any atom is -0.496 e. The van der Waals surface area contributed by atoms with Crippen LogP contribution in [-0.2, 0) is 6.54 Å². The SMILES string of the molecule is COc1ccccc1CNCCCCCSC. The Bertz CT molecular complexity index is 304. The van der Waals surface area contributed by atoms with Gasteiger partial charge in [0.25, 0.3) is 0 Å². The minimum atomic E-state index is 0.895. The lowest BCUT2D eigenvalue weighted by Gasteiger charge is -2.09. The zero-order valence-electron chi connectivity index (χ0n) is 10.9. The molecule has 1 aromatic rings. The molecule has 0 aliphatic heterocycles. The van der Waals surface area contributed by atoms with Crippen LogP contribution in [0.5, 0.6) is 5.75 Å². The maximum Gasteiger partial charge on any atom is 0.123 e. The van der Waals surface area contributed by atoms with Crippen LogP contribution in [-0.4, -0.2) is 25.7 Å². The summed E-state index contributed by atoms with van der Waals surface area (Å²) in [5.74, 6) is 2.26. The summed E-state index contributed by atoms with van der Waals surface area (Å²) in [6.07, 6.45) is 6.08. The fourth-order valence-corrected chi connectivity index (χ4v) is 2.24. The summed E-state index contributed by atoms with van der Waals surface area (Å²) in [5.41, 5.74) is 1.24. The van der Waals surface area contributed by atoms with E-state index in [4.69, 9.17) is 4.74 Å². The lowest BCUT2D eigenvalue weighted by atomic mass is 10.2. The van der Waals surface area contributed by atoms with Crippen molar-refractivity contribution in [1.82, 2.24) is 5.32 Å². The van der Waals surface area contributed by atoms with E-state index in [9.17, 15) is 0 Å². The Morgan fingerprint density at radius 3 is 2.76 bits per heavy atom. The molecule has 17 heavy (non-hydrogen) atoms. The van der Waals surface area contributed by atoms with Gasteiger partial charge in [-0.3, -0.25) is 0 Å². The quantitative estimate of drug-likeness (QED) is 0.682. The van der Waals surface area contributed by atoms with Gasteiger partial charge in [-0.2, -0.15) is 11.8 Å². The minimum absolute atomic E-state index is 0.895. The summed E-state index contributed by atoms with van der Waals surface area (Å²) in [7, 11) is 1.72. The van der Waals surface area contributed by atoms with E-state index in [1.807, 2.05) is 23.9 Å². The summed E-state index contributed by atoms with van der Waals surface area (Å²) < 4.78 is 5.31. The summed E-state index contributed by atoms with van der Waals surface area (Å²) >= 11 is 1.93. The highest BCUT2D eigenvalue weighted by atomic mass is 32.2. The van der Waals surface area contributed by atoms with Crippen molar-refractivity contribution in [3.8, 4) is 5.75 Å². The third-order valence-corrected chi connectivity index (χ3v) is 3.41. The number of methoxy groups -OCH3 is 1. The second-order valence-corrected chi connectivity index (χ2v) is 5.03. The van der Waals surface area contributed by atoms with Gasteiger partial charge in [-0.15, -0.1) is 0 Å². The monoisotopic (exact) mass is 253 g/mol. The van der Waals surface area contributed by atoms with Crippen LogP contribution >= 0.6 is 11.8 Å². The molecule has 0 unspecified atom stereocenters. The molecule has 0 aliphatic rings. The summed E-state index contributed by atoms with van der Waals surface area (Å²) in [6, 6.07) is 8.18. The summed E-state index contributed by atoms with van der Waals surface area (Å²) in [5, 5.41) is 3.47. The maximum absolute atomic E-state index is 5.31. The van der Waals surface area contributed by atoms with Crippen molar-refractivity contribution >= 4 is 11.8 Å². The van der Waals surface area contributed by atoms with E-state index in [-0.39, 0.29) is 0 Å². The molecule has 1 rings (SSSR count). The second-order valence-electron chi connectivity index (χ2n) is 4.04. The Balaban J connectivity index is 2.13. The zero-order chi connectivity index (χ0) is 12.3. The van der Waals surface area contributed by atoms with Crippen LogP contribution in [0.3, 0.4) is 0 Å². The molecule has 0 bridgehead atoms. The summed E-state index contributed by atoms with van der Waals surface area (Å²) in [4.78, 5) is 0. The van der Waals surface area contributed by atoms with Gasteiger partial charge in [-0.05, 0) is 37.5 Å². The fraction of sp³-hybridized carbons (Fsp3) is 0.571. The number of nitrogens with one attached hydrogen (secondary N) is 1. The van der Waals surface area contributed by atoms with Crippen molar-refractivity contribution in [2.75, 3.05) is 25.7 Å². The van der Waals surface area contributed by atoms with Gasteiger partial charge in [0.05, 0.1) is 7.11 Å². The Morgan fingerprint density at radius 2 is 2.00 bits per heavy atom. The molecule has 2 nitrogen and oxygen atoms in total. The number of hydrogen-bond acceptors (Lipinski definition) is 3. The Kier molecular flexibility index (Phi) is 7.93. The molecule has 0 spiro atoms. The maximum atomic E-state index is 5.31. The van der Waals surface area contributed by atoms with Crippen molar-refractivity contribution in [3.63, 3.8) is 0 Å². The van der Waals surface area contributed by atoms with Crippen molar-refractivity contribution in [3.05, 3.63) is 29.8 Å². The first kappa shape index (κ1) is 14.4. The van der Waals surface area contributed by atoms with E-state index >= 15 is 0 Å². The molecule has 0 atom stereocenters. The number of unbranched alkanes of at least 4 members (excludes halogenated alkanes) is 2. The van der Waals surface area contributed by atoms with E-state index in [1.165, 1.54) is 30.6 Å². The van der Waals surface area contributed by atoms with Crippen LogP contribution in [0.25, 0.3) is 0 Å². The van der Waals surface area contributed by atoms with E-state index in [1.54, 1.807) is 7.11 Å². The van der Waals surface area contributed by atoms with Gasteiger partial charge in [0.1, 0.15) is 5.75 Å². The second kappa shape index (κ2) is 9.37. The number of ether oxygens (including phenoxy) is 1. The molecule has 0 radical (unpaired) electrons. The van der Waals surface area contributed by atoms with Gasteiger partial charge in [0, 0.05) is 12.1 Å². The number of thioether (sulfide) groups is 1. The summed E-state index contributed by atoms with van der Waals surface area (Å²) in [6.45, 7) is 1.99. The van der Waals surface area contributed by atoms with Crippen LogP contribution in [0, 0.1) is 0 Å². The van der Waals surface area contributed by atoms with Gasteiger partial charge < -0.3 is 10.1 Å². The molecule has 1 aromatic carbocycles. The fourth-order valence-electron chi connectivity index (χ4n) is 1.75. The third kappa shape index (κ3) is 5.99. The first-order chi connectivity index (χ1) is 8.38. The predicted molar refractivity (Wildman–Crippen MR) is 76.9 cm³/mol. The number of benzene rings is 1.